The second kappa shape index (κ2) is 14.4. The summed E-state index contributed by atoms with van der Waals surface area (Å²) in [5.74, 6) is 2.09. The third-order valence-corrected chi connectivity index (χ3v) is 14.5. The Labute approximate surface area is 348 Å². The van der Waals surface area contributed by atoms with Gasteiger partial charge in [-0.25, -0.2) is 0 Å². The molecule has 4 aliphatic rings. The summed E-state index contributed by atoms with van der Waals surface area (Å²) in [4.78, 5) is 4.03. The molecule has 0 radical (unpaired) electrons. The zero-order valence-corrected chi connectivity index (χ0v) is 35.5. The van der Waals surface area contributed by atoms with E-state index in [-0.39, 0.29) is 29.4 Å². The van der Waals surface area contributed by atoms with E-state index in [9.17, 15) is 0 Å². The van der Waals surface area contributed by atoms with Gasteiger partial charge in [0.15, 0.2) is 0 Å². The van der Waals surface area contributed by atoms with Crippen LogP contribution in [-0.2, 0) is 11.8 Å². The highest BCUT2D eigenvalue weighted by molar-refractivity contribution is 14.0. The highest BCUT2D eigenvalue weighted by Crippen LogP contribution is 2.59. The zero-order valence-electron chi connectivity index (χ0n) is 32.4. The van der Waals surface area contributed by atoms with Crippen LogP contribution in [0.3, 0.4) is 0 Å². The van der Waals surface area contributed by atoms with Crippen LogP contribution in [0.1, 0.15) is 97.6 Å². The van der Waals surface area contributed by atoms with Crippen molar-refractivity contribution in [1.29, 1.82) is 0 Å². The first kappa shape index (κ1) is 36.4. The number of halogens is 1. The third kappa shape index (κ3) is 6.08. The molecule has 0 amide bonds. The maximum absolute atomic E-state index is 2.52. The summed E-state index contributed by atoms with van der Waals surface area (Å²) in [5.41, 5.74) is 16.5. The van der Waals surface area contributed by atoms with Gasteiger partial charge in [-0.2, -0.15) is 0 Å². The van der Waals surface area contributed by atoms with Gasteiger partial charge in [-0.1, -0.05) is 137 Å². The van der Waals surface area contributed by atoms with Crippen LogP contribution in [0.2, 0.25) is 0 Å². The molecule has 0 fully saturated rings. The molecule has 4 unspecified atom stereocenters. The van der Waals surface area contributed by atoms with Gasteiger partial charge in [-0.3, -0.25) is 0 Å². The number of rotatable bonds is 5. The van der Waals surface area contributed by atoms with E-state index in [0.717, 1.165) is 12.8 Å². The third-order valence-electron chi connectivity index (χ3n) is 13.2. The molecule has 10 rings (SSSR count). The Kier molecular flexibility index (Phi) is 9.54. The molecule has 0 spiro atoms. The van der Waals surface area contributed by atoms with E-state index in [0.29, 0.717) is 23.7 Å². The minimum absolute atomic E-state index is 0. The summed E-state index contributed by atoms with van der Waals surface area (Å²) in [6.07, 6.45) is 18.1. The van der Waals surface area contributed by atoms with Crippen LogP contribution in [0, 0.1) is 17.8 Å². The fourth-order valence-corrected chi connectivity index (χ4v) is 11.8. The highest BCUT2D eigenvalue weighted by Gasteiger charge is 2.48. The standard InChI is InChI=1S/C52H49NS.HI/c1-33-12-9-14-35-15-10-18-41(45(35)32-33)37-24-28-39(29-25-37)53(38-26-22-36(23-27-38)40-16-6-5-13-34(40)2)48-21-11-19-42-43-30-31-47-49(51(43)54-50(42)48)44-17-7-8-20-46(44)52(47,3)4;/h7-11,14-31,33-34,47,49H,5-6,12-13,32H2,1-4H3;1H. The fourth-order valence-electron chi connectivity index (χ4n) is 10.3. The minimum atomic E-state index is 0. The largest absolute Gasteiger partial charge is 0.309 e. The molecule has 55 heavy (non-hydrogen) atoms. The Balaban J connectivity index is 0.00000397. The van der Waals surface area contributed by atoms with Crippen molar-refractivity contribution >= 4 is 80.2 Å². The van der Waals surface area contributed by atoms with E-state index in [2.05, 4.69) is 172 Å². The lowest BCUT2D eigenvalue weighted by molar-refractivity contribution is 0.393. The van der Waals surface area contributed by atoms with Crippen LogP contribution in [0.5, 0.6) is 0 Å². The molecule has 1 aromatic heterocycles. The van der Waals surface area contributed by atoms with Crippen molar-refractivity contribution in [1.82, 2.24) is 0 Å². The van der Waals surface area contributed by atoms with Gasteiger partial charge >= 0.3 is 0 Å². The average molecular weight is 848 g/mol. The summed E-state index contributed by atoms with van der Waals surface area (Å²) >= 11 is 2.02. The number of anilines is 3. The topological polar surface area (TPSA) is 3.24 Å². The average Bonchev–Trinajstić information content (AvgIpc) is 3.60. The van der Waals surface area contributed by atoms with E-state index < -0.39 is 0 Å². The van der Waals surface area contributed by atoms with E-state index in [1.165, 1.54) is 101 Å². The molecule has 0 N–H and O–H groups in total. The number of hydrogen-bond acceptors (Lipinski definition) is 2. The van der Waals surface area contributed by atoms with Crippen LogP contribution in [0.25, 0.3) is 38.9 Å². The predicted molar refractivity (Wildman–Crippen MR) is 249 cm³/mol. The monoisotopic (exact) mass is 847 g/mol. The summed E-state index contributed by atoms with van der Waals surface area (Å²) in [5, 5.41) is 1.36. The number of nitrogens with zero attached hydrogens (tertiary/aromatic N) is 1. The summed E-state index contributed by atoms with van der Waals surface area (Å²) in [6.45, 7) is 9.64. The molecule has 0 saturated heterocycles. The first-order valence-electron chi connectivity index (χ1n) is 20.2. The van der Waals surface area contributed by atoms with Crippen molar-refractivity contribution in [3.8, 4) is 11.1 Å². The first-order chi connectivity index (χ1) is 26.4. The number of fused-ring (bicyclic) bond motifs is 8. The maximum Gasteiger partial charge on any atom is 0.0640 e. The number of thiophene rings is 1. The molecule has 0 bridgehead atoms. The molecule has 6 aromatic rings. The highest BCUT2D eigenvalue weighted by atomic mass is 127. The van der Waals surface area contributed by atoms with Gasteiger partial charge in [0.25, 0.3) is 0 Å². The van der Waals surface area contributed by atoms with Crippen LogP contribution in [0.15, 0.2) is 127 Å². The van der Waals surface area contributed by atoms with Crippen LogP contribution in [0.4, 0.5) is 17.1 Å². The number of benzene rings is 5. The molecule has 5 aromatic carbocycles. The quantitative estimate of drug-likeness (QED) is 0.156. The number of allylic oxidation sites excluding steroid dienone is 4. The molecule has 0 saturated carbocycles. The molecule has 276 valence electrons. The van der Waals surface area contributed by atoms with Crippen molar-refractivity contribution in [2.45, 2.75) is 71.1 Å². The van der Waals surface area contributed by atoms with Crippen LogP contribution < -0.4 is 4.90 Å². The van der Waals surface area contributed by atoms with Crippen LogP contribution in [-0.4, -0.2) is 0 Å². The minimum Gasteiger partial charge on any atom is -0.309 e. The van der Waals surface area contributed by atoms with Crippen LogP contribution >= 0.6 is 35.3 Å². The molecule has 3 heteroatoms. The van der Waals surface area contributed by atoms with Gasteiger partial charge in [-0.15, -0.1) is 35.3 Å². The second-order valence-electron chi connectivity index (χ2n) is 16.9. The fraction of sp³-hybridized carbons (Fsp3) is 0.269. The Morgan fingerprint density at radius 3 is 2.29 bits per heavy atom. The Morgan fingerprint density at radius 2 is 1.51 bits per heavy atom. The summed E-state index contributed by atoms with van der Waals surface area (Å²) < 4.78 is 1.36. The van der Waals surface area contributed by atoms with E-state index in [4.69, 9.17) is 0 Å². The SMILES string of the molecule is CC1CC=Cc2cccc(-c3ccc(N(c4ccc(C5=CCCCC5C)cc4)c4cccc5c6c(sc45)C4c5ccccc5C(C)(C)C4C=C6)cc3)c2C1.I. The smallest absolute Gasteiger partial charge is 0.0640 e. The van der Waals surface area contributed by atoms with E-state index >= 15 is 0 Å². The van der Waals surface area contributed by atoms with E-state index in [1.54, 1.807) is 0 Å². The van der Waals surface area contributed by atoms with Gasteiger partial charge < -0.3 is 4.90 Å². The van der Waals surface area contributed by atoms with Gasteiger partial charge in [0.05, 0.1) is 10.4 Å². The van der Waals surface area contributed by atoms with Crippen molar-refractivity contribution in [2.75, 3.05) is 4.90 Å². The Hall–Kier alpha value is -4.19. The maximum atomic E-state index is 2.52. The lowest BCUT2D eigenvalue weighted by Gasteiger charge is -2.31. The summed E-state index contributed by atoms with van der Waals surface area (Å²) in [7, 11) is 0. The molecule has 0 aliphatic heterocycles. The normalized spacial score (nSPS) is 21.8. The molecular formula is C52H50INS. The van der Waals surface area contributed by atoms with Crippen molar-refractivity contribution in [2.24, 2.45) is 17.8 Å². The molecular weight excluding hydrogens is 798 g/mol. The van der Waals surface area contributed by atoms with Gasteiger partial charge in [-0.05, 0) is 136 Å². The van der Waals surface area contributed by atoms with Gasteiger partial charge in [0.1, 0.15) is 0 Å². The molecule has 1 nitrogen and oxygen atoms in total. The predicted octanol–water partition coefficient (Wildman–Crippen LogP) is 15.5. The van der Waals surface area contributed by atoms with Crippen molar-refractivity contribution in [3.63, 3.8) is 0 Å². The lowest BCUT2D eigenvalue weighted by atomic mass is 9.73. The zero-order chi connectivity index (χ0) is 36.6. The van der Waals surface area contributed by atoms with Gasteiger partial charge in [0.2, 0.25) is 0 Å². The Morgan fingerprint density at radius 1 is 0.764 bits per heavy atom. The second-order valence-corrected chi connectivity index (χ2v) is 18.0. The molecule has 4 aliphatic carbocycles. The molecule has 1 heterocycles. The lowest BCUT2D eigenvalue weighted by Crippen LogP contribution is -2.25. The van der Waals surface area contributed by atoms with Crippen molar-refractivity contribution < 1.29 is 0 Å². The van der Waals surface area contributed by atoms with Gasteiger partial charge in [0, 0.05) is 27.6 Å². The van der Waals surface area contributed by atoms with Crippen molar-refractivity contribution in [3.05, 3.63) is 166 Å². The molecule has 4 atom stereocenters. The Bertz CT molecular complexity index is 2490. The first-order valence-corrected chi connectivity index (χ1v) is 21.0. The summed E-state index contributed by atoms with van der Waals surface area (Å²) in [6, 6.07) is 41.8. The van der Waals surface area contributed by atoms with E-state index in [1.807, 2.05) is 11.3 Å². The number of hydrogen-bond donors (Lipinski definition) is 0.